The molecule has 2 aliphatic carbocycles. The summed E-state index contributed by atoms with van der Waals surface area (Å²) in [7, 11) is -3.79. The number of carbonyl (C=O) groups excluding carboxylic acids is 5. The van der Waals surface area contributed by atoms with Crippen molar-refractivity contribution in [2.45, 2.75) is 110 Å². The summed E-state index contributed by atoms with van der Waals surface area (Å²) in [6, 6.07) is -0.990. The third-order valence-electron chi connectivity index (χ3n) is 10.9. The van der Waals surface area contributed by atoms with Crippen molar-refractivity contribution in [3.05, 3.63) is 30.2 Å². The van der Waals surface area contributed by atoms with Gasteiger partial charge in [0.15, 0.2) is 0 Å². The quantitative estimate of drug-likeness (QED) is 0.147. The number of nitrogens with one attached hydrogen (secondary N) is 4. The average Bonchev–Trinajstić information content (AvgIpc) is 3.73. The van der Waals surface area contributed by atoms with Crippen LogP contribution >= 0.6 is 11.3 Å². The van der Waals surface area contributed by atoms with Crippen molar-refractivity contribution >= 4 is 50.9 Å². The number of amides is 5. The van der Waals surface area contributed by atoms with Crippen molar-refractivity contribution in [3.8, 4) is 0 Å². The van der Waals surface area contributed by atoms with Gasteiger partial charge in [0, 0.05) is 32.2 Å². The zero-order chi connectivity index (χ0) is 39.0. The molecule has 3 fully saturated rings. The maximum atomic E-state index is 14.5. The molecule has 52 heavy (non-hydrogen) atoms. The number of urea groups is 1. The summed E-state index contributed by atoms with van der Waals surface area (Å²) in [5.74, 6) is -2.32. The standard InChI is InChI=1S/C37H58N6O7S2/c1-11-17-38-32(46)29(44)24(19-22-15-16-22)39-31(45)28-27-23(37(27,9)10)20-43(28)33(47)30(36(6,7)8)41-34(48)40-25(35(3,4)5)21-42(12-2)52(49,50)26-14-13-18-51-26/h11,13-14,18,22-25,27-28,30H,1,12,15-17,19-21H2,2-10H3,(H,38,46)(H,39,45)(H2,40,41,48)/t23-,24?,25+,27-,28-,30+/m0/s1. The van der Waals surface area contributed by atoms with Gasteiger partial charge in [-0.2, -0.15) is 4.31 Å². The second-order valence-corrected chi connectivity index (χ2v) is 20.3. The van der Waals surface area contributed by atoms with E-state index in [1.54, 1.807) is 24.4 Å². The summed E-state index contributed by atoms with van der Waals surface area (Å²) in [6.07, 6.45) is 3.64. The zero-order valence-electron chi connectivity index (χ0n) is 32.1. The number of hydrogen-bond acceptors (Lipinski definition) is 8. The van der Waals surface area contributed by atoms with E-state index in [0.717, 1.165) is 24.2 Å². The van der Waals surface area contributed by atoms with Crippen LogP contribution in [-0.2, 0) is 29.2 Å². The third kappa shape index (κ3) is 9.25. The molecule has 4 rings (SSSR count). The first-order chi connectivity index (χ1) is 24.0. The van der Waals surface area contributed by atoms with E-state index in [-0.39, 0.29) is 47.0 Å². The minimum atomic E-state index is -3.79. The van der Waals surface area contributed by atoms with Crippen molar-refractivity contribution in [2.75, 3.05) is 26.2 Å². The number of rotatable bonds is 16. The molecule has 1 saturated heterocycles. The van der Waals surface area contributed by atoms with E-state index in [1.807, 2.05) is 41.5 Å². The zero-order valence-corrected chi connectivity index (χ0v) is 33.7. The first-order valence-electron chi connectivity index (χ1n) is 18.2. The number of likely N-dealkylation sites (tertiary alicyclic amines) is 1. The molecule has 0 bridgehead atoms. The lowest BCUT2D eigenvalue weighted by molar-refractivity contribution is -0.145. The van der Waals surface area contributed by atoms with E-state index in [0.29, 0.717) is 13.0 Å². The number of fused-ring (bicyclic) bond motifs is 1. The molecular weight excluding hydrogens is 705 g/mol. The summed E-state index contributed by atoms with van der Waals surface area (Å²) in [5.41, 5.74) is -1.55. The summed E-state index contributed by atoms with van der Waals surface area (Å²) >= 11 is 1.13. The lowest BCUT2D eigenvalue weighted by Gasteiger charge is -2.39. The van der Waals surface area contributed by atoms with Gasteiger partial charge in [-0.05, 0) is 51.9 Å². The number of nitrogens with zero attached hydrogens (tertiary/aromatic N) is 2. The monoisotopic (exact) mass is 762 g/mol. The Morgan fingerprint density at radius 3 is 2.23 bits per heavy atom. The fourth-order valence-electron chi connectivity index (χ4n) is 7.22. The molecule has 1 aromatic rings. The second kappa shape index (κ2) is 15.6. The van der Waals surface area contributed by atoms with Crippen molar-refractivity contribution in [2.24, 2.45) is 34.0 Å². The molecule has 2 heterocycles. The van der Waals surface area contributed by atoms with Gasteiger partial charge in [-0.25, -0.2) is 13.2 Å². The van der Waals surface area contributed by atoms with Gasteiger partial charge in [0.25, 0.3) is 15.9 Å². The Morgan fingerprint density at radius 2 is 1.71 bits per heavy atom. The van der Waals surface area contributed by atoms with Gasteiger partial charge in [0.1, 0.15) is 16.3 Å². The van der Waals surface area contributed by atoms with Gasteiger partial charge in [0.2, 0.25) is 17.6 Å². The van der Waals surface area contributed by atoms with Gasteiger partial charge in [-0.1, -0.05) is 87.3 Å². The van der Waals surface area contributed by atoms with Crippen LogP contribution in [0.3, 0.4) is 0 Å². The first kappa shape index (κ1) is 41.5. The van der Waals surface area contributed by atoms with Crippen LogP contribution in [-0.4, -0.2) is 97.5 Å². The molecule has 1 unspecified atom stereocenters. The van der Waals surface area contributed by atoms with Crippen LogP contribution in [0.5, 0.6) is 0 Å². The molecule has 13 nitrogen and oxygen atoms in total. The van der Waals surface area contributed by atoms with Gasteiger partial charge in [-0.3, -0.25) is 19.2 Å². The molecular formula is C37H58N6O7S2. The fraction of sp³-hybridized carbons (Fsp3) is 0.703. The SMILES string of the molecule is C=CCNC(=O)C(=O)C(CC1CC1)NC(=O)[C@@H]1[C@@H]2[C@H](CN1C(=O)[C@@H](NC(=O)N[C@H](CN(CC)S(=O)(=O)c1cccs1)C(C)(C)C)C(C)(C)C)C2(C)C. The number of Topliss-reactive ketones (excluding diaryl/α,β-unsaturated/α-hetero) is 1. The van der Waals surface area contributed by atoms with Gasteiger partial charge >= 0.3 is 6.03 Å². The molecule has 6 atom stereocenters. The van der Waals surface area contributed by atoms with E-state index in [1.165, 1.54) is 15.3 Å². The topological polar surface area (TPSA) is 174 Å². The summed E-state index contributed by atoms with van der Waals surface area (Å²) in [6.45, 7) is 21.2. The van der Waals surface area contributed by atoms with Gasteiger partial charge in [-0.15, -0.1) is 17.9 Å². The van der Waals surface area contributed by atoms with E-state index in [4.69, 9.17) is 0 Å². The van der Waals surface area contributed by atoms with Crippen molar-refractivity contribution in [1.82, 2.24) is 30.5 Å². The molecule has 15 heteroatoms. The Morgan fingerprint density at radius 1 is 1.06 bits per heavy atom. The van der Waals surface area contributed by atoms with Crippen molar-refractivity contribution in [1.29, 1.82) is 0 Å². The number of thiophene rings is 1. The molecule has 0 radical (unpaired) electrons. The summed E-state index contributed by atoms with van der Waals surface area (Å²) < 4.78 is 28.4. The number of likely N-dealkylation sites (N-methyl/N-ethyl adjacent to an activating group) is 1. The lowest BCUT2D eigenvalue weighted by atomic mass is 9.85. The van der Waals surface area contributed by atoms with Gasteiger partial charge in [0.05, 0.1) is 6.04 Å². The highest BCUT2D eigenvalue weighted by Gasteiger charge is 2.70. The van der Waals surface area contributed by atoms with Crippen LogP contribution in [0.15, 0.2) is 34.4 Å². The molecule has 0 aromatic carbocycles. The largest absolute Gasteiger partial charge is 0.346 e. The predicted molar refractivity (Wildman–Crippen MR) is 201 cm³/mol. The molecule has 0 spiro atoms. The van der Waals surface area contributed by atoms with Crippen LogP contribution in [0.4, 0.5) is 4.79 Å². The van der Waals surface area contributed by atoms with Crippen molar-refractivity contribution < 1.29 is 32.4 Å². The van der Waals surface area contributed by atoms with E-state index >= 15 is 0 Å². The smallest absolute Gasteiger partial charge is 0.315 e. The van der Waals surface area contributed by atoms with E-state index in [2.05, 4.69) is 41.7 Å². The second-order valence-electron chi connectivity index (χ2n) is 17.2. The van der Waals surface area contributed by atoms with Crippen molar-refractivity contribution in [3.63, 3.8) is 0 Å². The normalized spacial score (nSPS) is 22.8. The first-order valence-corrected chi connectivity index (χ1v) is 20.5. The Bertz CT molecular complexity index is 1630. The number of carbonyl (C=O) groups is 5. The average molecular weight is 763 g/mol. The Kier molecular flexibility index (Phi) is 12.4. The number of piperidine rings is 1. The highest BCUT2D eigenvalue weighted by molar-refractivity contribution is 7.91. The molecule has 290 valence electrons. The van der Waals surface area contributed by atoms with Crippen LogP contribution in [0.2, 0.25) is 0 Å². The summed E-state index contributed by atoms with van der Waals surface area (Å²) in [4.78, 5) is 69.7. The lowest BCUT2D eigenvalue weighted by Crippen LogP contribution is -2.62. The highest BCUT2D eigenvalue weighted by atomic mass is 32.2. The molecule has 1 aliphatic heterocycles. The minimum absolute atomic E-state index is 0.0148. The maximum Gasteiger partial charge on any atom is 0.315 e. The highest BCUT2D eigenvalue weighted by Crippen LogP contribution is 2.65. The van der Waals surface area contributed by atoms with E-state index in [9.17, 15) is 32.4 Å². The Balaban J connectivity index is 1.53. The minimum Gasteiger partial charge on any atom is -0.346 e. The summed E-state index contributed by atoms with van der Waals surface area (Å²) in [5, 5.41) is 12.9. The molecule has 1 aromatic heterocycles. The number of sulfonamides is 1. The van der Waals surface area contributed by atoms with Gasteiger partial charge < -0.3 is 26.2 Å². The van der Waals surface area contributed by atoms with Crippen LogP contribution in [0.25, 0.3) is 0 Å². The fourth-order valence-corrected chi connectivity index (χ4v) is 9.83. The van der Waals surface area contributed by atoms with Crippen LogP contribution in [0, 0.1) is 34.0 Å². The van der Waals surface area contributed by atoms with Crippen LogP contribution < -0.4 is 21.3 Å². The number of hydrogen-bond donors (Lipinski definition) is 4. The maximum absolute atomic E-state index is 14.5. The van der Waals surface area contributed by atoms with E-state index < -0.39 is 74.6 Å². The Hall–Kier alpha value is -3.30. The third-order valence-corrected chi connectivity index (χ3v) is 14.2. The molecule has 2 saturated carbocycles. The Labute approximate surface area is 313 Å². The predicted octanol–water partition coefficient (Wildman–Crippen LogP) is 3.53. The molecule has 3 aliphatic rings. The van der Waals surface area contributed by atoms with Crippen LogP contribution in [0.1, 0.15) is 81.6 Å². The number of ketones is 1. The molecule has 4 N–H and O–H groups in total. The molecule has 5 amide bonds.